The Kier molecular flexibility index (Phi) is 5.77. The highest BCUT2D eigenvalue weighted by Gasteiger charge is 2.20. The molecule has 0 aliphatic heterocycles. The van der Waals surface area contributed by atoms with Gasteiger partial charge in [-0.15, -0.1) is 0 Å². The molecule has 1 aromatic rings. The van der Waals surface area contributed by atoms with Crippen molar-refractivity contribution in [2.75, 3.05) is 6.54 Å². The zero-order valence-electron chi connectivity index (χ0n) is 10.3. The standard InChI is InChI=1S/C12H17N3O4/c13-7-1-2-10(12(18)15-19)14-11(17)8-3-5-9(16)6-4-8/h3-6,10,16,19H,1-2,7,13H2,(H,14,17)(H,15,18)/t10-/m0/s1. The molecule has 0 aromatic heterocycles. The number of hydroxylamine groups is 1. The Hall–Kier alpha value is -2.12. The van der Waals surface area contributed by atoms with Crippen molar-refractivity contribution >= 4 is 11.8 Å². The van der Waals surface area contributed by atoms with Gasteiger partial charge in [-0.25, -0.2) is 5.48 Å². The fourth-order valence-corrected chi connectivity index (χ4v) is 1.52. The number of hydrogen-bond acceptors (Lipinski definition) is 5. The van der Waals surface area contributed by atoms with Crippen molar-refractivity contribution < 1.29 is 19.9 Å². The topological polar surface area (TPSA) is 125 Å². The molecular weight excluding hydrogens is 250 g/mol. The first-order valence-electron chi connectivity index (χ1n) is 5.82. The summed E-state index contributed by atoms with van der Waals surface area (Å²) in [6.45, 7) is 0.379. The third-order valence-electron chi connectivity index (χ3n) is 2.56. The van der Waals surface area contributed by atoms with E-state index in [1.807, 2.05) is 0 Å². The summed E-state index contributed by atoms with van der Waals surface area (Å²) in [6, 6.07) is 4.75. The van der Waals surface area contributed by atoms with E-state index in [0.29, 0.717) is 24.9 Å². The van der Waals surface area contributed by atoms with E-state index in [-0.39, 0.29) is 5.75 Å². The molecule has 0 saturated carbocycles. The van der Waals surface area contributed by atoms with Gasteiger partial charge < -0.3 is 16.2 Å². The Balaban J connectivity index is 2.69. The molecule has 0 heterocycles. The minimum atomic E-state index is -0.852. The van der Waals surface area contributed by atoms with Crippen LogP contribution in [0, 0.1) is 0 Å². The number of benzene rings is 1. The van der Waals surface area contributed by atoms with E-state index in [4.69, 9.17) is 16.0 Å². The molecule has 1 rings (SSSR count). The molecule has 0 saturated heterocycles. The van der Waals surface area contributed by atoms with E-state index in [9.17, 15) is 9.59 Å². The highest BCUT2D eigenvalue weighted by molar-refractivity contribution is 5.97. The molecule has 7 nitrogen and oxygen atoms in total. The Morgan fingerprint density at radius 3 is 2.42 bits per heavy atom. The Morgan fingerprint density at radius 1 is 1.26 bits per heavy atom. The van der Waals surface area contributed by atoms with Crippen LogP contribution in [0.2, 0.25) is 0 Å². The van der Waals surface area contributed by atoms with Crippen molar-refractivity contribution in [1.82, 2.24) is 10.8 Å². The van der Waals surface area contributed by atoms with Crippen LogP contribution in [0.5, 0.6) is 5.75 Å². The van der Waals surface area contributed by atoms with Crippen LogP contribution < -0.4 is 16.5 Å². The molecule has 0 aliphatic rings. The maximum atomic E-state index is 11.9. The van der Waals surface area contributed by atoms with Gasteiger partial charge in [0.15, 0.2) is 0 Å². The number of nitrogens with one attached hydrogen (secondary N) is 2. The van der Waals surface area contributed by atoms with Crippen LogP contribution in [0.4, 0.5) is 0 Å². The third kappa shape index (κ3) is 4.57. The highest BCUT2D eigenvalue weighted by Crippen LogP contribution is 2.10. The molecule has 19 heavy (non-hydrogen) atoms. The molecule has 2 amide bonds. The van der Waals surface area contributed by atoms with Crippen molar-refractivity contribution in [3.8, 4) is 5.75 Å². The molecule has 1 aromatic carbocycles. The second kappa shape index (κ2) is 7.34. The van der Waals surface area contributed by atoms with E-state index >= 15 is 0 Å². The van der Waals surface area contributed by atoms with Crippen molar-refractivity contribution in [2.45, 2.75) is 18.9 Å². The predicted molar refractivity (Wildman–Crippen MR) is 67.6 cm³/mol. The normalized spacial score (nSPS) is 11.7. The zero-order chi connectivity index (χ0) is 14.3. The van der Waals surface area contributed by atoms with Gasteiger partial charge in [0.2, 0.25) is 0 Å². The highest BCUT2D eigenvalue weighted by atomic mass is 16.5. The van der Waals surface area contributed by atoms with Gasteiger partial charge in [-0.2, -0.15) is 0 Å². The van der Waals surface area contributed by atoms with Crippen LogP contribution in [0.15, 0.2) is 24.3 Å². The lowest BCUT2D eigenvalue weighted by Gasteiger charge is -2.16. The fourth-order valence-electron chi connectivity index (χ4n) is 1.52. The van der Waals surface area contributed by atoms with Crippen LogP contribution in [0.3, 0.4) is 0 Å². The molecular formula is C12H17N3O4. The number of hydrogen-bond donors (Lipinski definition) is 5. The number of rotatable bonds is 6. The lowest BCUT2D eigenvalue weighted by atomic mass is 10.1. The van der Waals surface area contributed by atoms with Crippen molar-refractivity contribution in [1.29, 1.82) is 0 Å². The van der Waals surface area contributed by atoms with Crippen LogP contribution in [-0.2, 0) is 4.79 Å². The number of aromatic hydroxyl groups is 1. The van der Waals surface area contributed by atoms with Crippen LogP contribution in [0.25, 0.3) is 0 Å². The van der Waals surface area contributed by atoms with E-state index in [1.165, 1.54) is 29.7 Å². The van der Waals surface area contributed by atoms with Crippen LogP contribution in [-0.4, -0.2) is 34.7 Å². The number of nitrogens with two attached hydrogens (primary N) is 1. The van der Waals surface area contributed by atoms with Gasteiger partial charge >= 0.3 is 0 Å². The lowest BCUT2D eigenvalue weighted by Crippen LogP contribution is -2.46. The van der Waals surface area contributed by atoms with Gasteiger partial charge in [0.25, 0.3) is 11.8 Å². The molecule has 0 spiro atoms. The predicted octanol–water partition coefficient (Wildman–Crippen LogP) is -0.265. The summed E-state index contributed by atoms with van der Waals surface area (Å²) in [7, 11) is 0. The smallest absolute Gasteiger partial charge is 0.265 e. The van der Waals surface area contributed by atoms with Crippen molar-refractivity contribution in [3.05, 3.63) is 29.8 Å². The largest absolute Gasteiger partial charge is 0.508 e. The van der Waals surface area contributed by atoms with Gasteiger partial charge in [0.1, 0.15) is 11.8 Å². The molecule has 0 fully saturated rings. The van der Waals surface area contributed by atoms with Gasteiger partial charge in [-0.1, -0.05) is 0 Å². The first kappa shape index (κ1) is 14.9. The SMILES string of the molecule is NCCC[C@H](NC(=O)c1ccc(O)cc1)C(=O)NO. The second-order valence-electron chi connectivity index (χ2n) is 3.98. The number of carbonyl (C=O) groups is 2. The van der Waals surface area contributed by atoms with Crippen molar-refractivity contribution in [3.63, 3.8) is 0 Å². The molecule has 0 radical (unpaired) electrons. The van der Waals surface area contributed by atoms with Gasteiger partial charge in [-0.05, 0) is 43.7 Å². The minimum Gasteiger partial charge on any atom is -0.508 e. The summed E-state index contributed by atoms with van der Waals surface area (Å²) in [5.41, 5.74) is 7.15. The second-order valence-corrected chi connectivity index (χ2v) is 3.98. The van der Waals surface area contributed by atoms with Gasteiger partial charge in [-0.3, -0.25) is 14.8 Å². The first-order chi connectivity index (χ1) is 9.08. The number of phenolic OH excluding ortho intramolecular Hbond substituents is 1. The molecule has 0 aliphatic carbocycles. The summed E-state index contributed by atoms with van der Waals surface area (Å²) in [5, 5.41) is 20.2. The Bertz CT molecular complexity index is 433. The molecule has 0 unspecified atom stereocenters. The van der Waals surface area contributed by atoms with Gasteiger partial charge in [0, 0.05) is 5.56 Å². The summed E-state index contributed by atoms with van der Waals surface area (Å²) in [5.74, 6) is -1.12. The monoisotopic (exact) mass is 267 g/mol. The number of amides is 2. The van der Waals surface area contributed by atoms with Gasteiger partial charge in [0.05, 0.1) is 0 Å². The minimum absolute atomic E-state index is 0.0457. The van der Waals surface area contributed by atoms with Crippen molar-refractivity contribution in [2.24, 2.45) is 5.73 Å². The molecule has 1 atom stereocenters. The summed E-state index contributed by atoms with van der Waals surface area (Å²) < 4.78 is 0. The maximum Gasteiger partial charge on any atom is 0.265 e. The average molecular weight is 267 g/mol. The molecule has 0 bridgehead atoms. The number of phenols is 1. The quantitative estimate of drug-likeness (QED) is 0.358. The van der Waals surface area contributed by atoms with E-state index in [1.54, 1.807) is 0 Å². The van der Waals surface area contributed by atoms with E-state index < -0.39 is 17.9 Å². The van der Waals surface area contributed by atoms with Crippen LogP contribution >= 0.6 is 0 Å². The van der Waals surface area contributed by atoms with E-state index in [2.05, 4.69) is 5.32 Å². The van der Waals surface area contributed by atoms with Crippen LogP contribution in [0.1, 0.15) is 23.2 Å². The Morgan fingerprint density at radius 2 is 1.89 bits per heavy atom. The summed E-state index contributed by atoms with van der Waals surface area (Å²) >= 11 is 0. The number of carbonyl (C=O) groups excluding carboxylic acids is 2. The lowest BCUT2D eigenvalue weighted by molar-refractivity contribution is -0.131. The average Bonchev–Trinajstić information content (AvgIpc) is 2.43. The molecule has 6 N–H and O–H groups in total. The summed E-state index contributed by atoms with van der Waals surface area (Å²) in [6.07, 6.45) is 0.862. The Labute approximate surface area is 110 Å². The maximum absolute atomic E-state index is 11.9. The fraction of sp³-hybridized carbons (Fsp3) is 0.333. The first-order valence-corrected chi connectivity index (χ1v) is 5.82. The van der Waals surface area contributed by atoms with E-state index in [0.717, 1.165) is 0 Å². The molecule has 7 heteroatoms. The summed E-state index contributed by atoms with van der Waals surface area (Å²) in [4.78, 5) is 23.2. The molecule has 104 valence electrons. The third-order valence-corrected chi connectivity index (χ3v) is 2.56. The zero-order valence-corrected chi connectivity index (χ0v) is 10.3.